The molecule has 3 aromatic heterocycles. The van der Waals surface area contributed by atoms with Crippen LogP contribution in [-0.2, 0) is 6.54 Å². The predicted molar refractivity (Wildman–Crippen MR) is 108 cm³/mol. The van der Waals surface area contributed by atoms with E-state index in [0.717, 1.165) is 22.3 Å². The molecule has 1 aromatic carbocycles. The van der Waals surface area contributed by atoms with Crippen LogP contribution in [0.5, 0.6) is 0 Å². The fourth-order valence-electron chi connectivity index (χ4n) is 2.68. The van der Waals surface area contributed by atoms with Gasteiger partial charge in [0.05, 0.1) is 0 Å². The number of thiophene rings is 2. The SMILES string of the molecule is O=C(NCc1cncc(-c2ccsc2)c1)c1ccc(-c2cccs2)cc1. The highest BCUT2D eigenvalue weighted by atomic mass is 32.1. The number of amides is 1. The van der Waals surface area contributed by atoms with E-state index in [0.29, 0.717) is 12.1 Å². The highest BCUT2D eigenvalue weighted by Gasteiger charge is 2.07. The quantitative estimate of drug-likeness (QED) is 0.502. The van der Waals surface area contributed by atoms with Gasteiger partial charge in [0.2, 0.25) is 0 Å². The zero-order valence-electron chi connectivity index (χ0n) is 13.9. The van der Waals surface area contributed by atoms with E-state index in [1.165, 1.54) is 4.88 Å². The molecular weight excluding hydrogens is 360 g/mol. The Bertz CT molecular complexity index is 991. The maximum absolute atomic E-state index is 12.4. The Morgan fingerprint density at radius 1 is 0.962 bits per heavy atom. The van der Waals surface area contributed by atoms with Gasteiger partial charge in [-0.05, 0) is 63.2 Å². The lowest BCUT2D eigenvalue weighted by molar-refractivity contribution is 0.0951. The molecule has 0 unspecified atom stereocenters. The number of hydrogen-bond donors (Lipinski definition) is 1. The fraction of sp³-hybridized carbons (Fsp3) is 0.0476. The van der Waals surface area contributed by atoms with Crippen LogP contribution in [0.1, 0.15) is 15.9 Å². The predicted octanol–water partition coefficient (Wildman–Crippen LogP) is 5.47. The van der Waals surface area contributed by atoms with Crippen molar-refractivity contribution in [3.05, 3.63) is 88.2 Å². The molecule has 3 heterocycles. The Morgan fingerprint density at radius 3 is 2.58 bits per heavy atom. The summed E-state index contributed by atoms with van der Waals surface area (Å²) in [7, 11) is 0. The fourth-order valence-corrected chi connectivity index (χ4v) is 4.08. The summed E-state index contributed by atoms with van der Waals surface area (Å²) in [5.74, 6) is -0.0799. The Balaban J connectivity index is 1.42. The minimum absolute atomic E-state index is 0.0799. The van der Waals surface area contributed by atoms with Crippen LogP contribution in [0.4, 0.5) is 0 Å². The van der Waals surface area contributed by atoms with Crippen LogP contribution in [0.2, 0.25) is 0 Å². The van der Waals surface area contributed by atoms with Gasteiger partial charge >= 0.3 is 0 Å². The molecule has 0 fully saturated rings. The Morgan fingerprint density at radius 2 is 1.85 bits per heavy atom. The van der Waals surface area contributed by atoms with E-state index >= 15 is 0 Å². The van der Waals surface area contributed by atoms with Gasteiger partial charge in [0, 0.05) is 34.9 Å². The molecule has 0 aliphatic rings. The number of hydrogen-bond acceptors (Lipinski definition) is 4. The molecule has 0 bridgehead atoms. The molecule has 1 N–H and O–H groups in total. The summed E-state index contributed by atoms with van der Waals surface area (Å²) in [6, 6.07) is 15.9. The lowest BCUT2D eigenvalue weighted by Crippen LogP contribution is -2.22. The van der Waals surface area contributed by atoms with E-state index < -0.39 is 0 Å². The summed E-state index contributed by atoms with van der Waals surface area (Å²) >= 11 is 3.35. The second-order valence-corrected chi connectivity index (χ2v) is 7.56. The van der Waals surface area contributed by atoms with E-state index in [4.69, 9.17) is 0 Å². The molecule has 0 aliphatic heterocycles. The number of aromatic nitrogens is 1. The number of carbonyl (C=O) groups is 1. The first-order valence-corrected chi connectivity index (χ1v) is 10.0. The van der Waals surface area contributed by atoms with E-state index in [2.05, 4.69) is 33.9 Å². The maximum atomic E-state index is 12.4. The van der Waals surface area contributed by atoms with Crippen LogP contribution < -0.4 is 5.32 Å². The number of pyridine rings is 1. The van der Waals surface area contributed by atoms with Crippen molar-refractivity contribution in [3.63, 3.8) is 0 Å². The van der Waals surface area contributed by atoms with Crippen molar-refractivity contribution in [2.45, 2.75) is 6.54 Å². The molecule has 3 nitrogen and oxygen atoms in total. The summed E-state index contributed by atoms with van der Waals surface area (Å²) in [5, 5.41) is 9.16. The number of carbonyl (C=O) groups excluding carboxylic acids is 1. The molecular formula is C21H16N2OS2. The number of nitrogens with zero attached hydrogens (tertiary/aromatic N) is 1. The highest BCUT2D eigenvalue weighted by molar-refractivity contribution is 7.13. The lowest BCUT2D eigenvalue weighted by atomic mass is 10.1. The van der Waals surface area contributed by atoms with E-state index in [9.17, 15) is 4.79 Å². The largest absolute Gasteiger partial charge is 0.348 e. The van der Waals surface area contributed by atoms with Crippen LogP contribution in [0.15, 0.2) is 77.1 Å². The van der Waals surface area contributed by atoms with Crippen molar-refractivity contribution in [3.8, 4) is 21.6 Å². The van der Waals surface area contributed by atoms with Crippen molar-refractivity contribution in [1.82, 2.24) is 10.3 Å². The Hall–Kier alpha value is -2.76. The standard InChI is InChI=1S/C21H16N2OS2/c24-21(17-5-3-16(4-6-17)20-2-1-8-26-20)23-12-15-10-19(13-22-11-15)18-7-9-25-14-18/h1-11,13-14H,12H2,(H,23,24). The van der Waals surface area contributed by atoms with Gasteiger partial charge in [0.25, 0.3) is 5.91 Å². The van der Waals surface area contributed by atoms with Gasteiger partial charge in [-0.2, -0.15) is 11.3 Å². The van der Waals surface area contributed by atoms with Gasteiger partial charge in [0.1, 0.15) is 0 Å². The minimum atomic E-state index is -0.0799. The summed E-state index contributed by atoms with van der Waals surface area (Å²) in [4.78, 5) is 17.9. The first-order valence-electron chi connectivity index (χ1n) is 8.18. The summed E-state index contributed by atoms with van der Waals surface area (Å²) < 4.78 is 0. The molecule has 4 aromatic rings. The third kappa shape index (κ3) is 3.74. The molecule has 1 amide bonds. The zero-order chi connectivity index (χ0) is 17.8. The molecule has 0 spiro atoms. The lowest BCUT2D eigenvalue weighted by Gasteiger charge is -2.07. The van der Waals surface area contributed by atoms with Crippen molar-refractivity contribution in [2.24, 2.45) is 0 Å². The van der Waals surface area contributed by atoms with Gasteiger partial charge in [-0.25, -0.2) is 0 Å². The molecule has 4 rings (SSSR count). The molecule has 128 valence electrons. The smallest absolute Gasteiger partial charge is 0.251 e. The van der Waals surface area contributed by atoms with Gasteiger partial charge in [0.15, 0.2) is 0 Å². The number of rotatable bonds is 5. The molecule has 5 heteroatoms. The summed E-state index contributed by atoms with van der Waals surface area (Å²) in [6.45, 7) is 0.455. The van der Waals surface area contributed by atoms with Crippen LogP contribution in [0, 0.1) is 0 Å². The van der Waals surface area contributed by atoms with Gasteiger partial charge < -0.3 is 5.32 Å². The third-order valence-corrected chi connectivity index (χ3v) is 5.66. The highest BCUT2D eigenvalue weighted by Crippen LogP contribution is 2.25. The molecule has 0 saturated heterocycles. The normalized spacial score (nSPS) is 10.6. The van der Waals surface area contributed by atoms with Crippen molar-refractivity contribution >= 4 is 28.6 Å². The topological polar surface area (TPSA) is 42.0 Å². The van der Waals surface area contributed by atoms with Crippen LogP contribution >= 0.6 is 22.7 Å². The van der Waals surface area contributed by atoms with E-state index in [1.807, 2.05) is 47.3 Å². The van der Waals surface area contributed by atoms with Gasteiger partial charge in [-0.3, -0.25) is 9.78 Å². The first kappa shape index (κ1) is 16.7. The zero-order valence-corrected chi connectivity index (χ0v) is 15.5. The second kappa shape index (κ2) is 7.64. The monoisotopic (exact) mass is 376 g/mol. The average molecular weight is 377 g/mol. The summed E-state index contributed by atoms with van der Waals surface area (Å²) in [5.41, 5.74) is 4.99. The number of nitrogens with one attached hydrogen (secondary N) is 1. The van der Waals surface area contributed by atoms with Crippen molar-refractivity contribution in [2.75, 3.05) is 0 Å². The maximum Gasteiger partial charge on any atom is 0.251 e. The Labute approximate surface area is 160 Å². The second-order valence-electron chi connectivity index (χ2n) is 5.83. The molecule has 0 aliphatic carbocycles. The van der Waals surface area contributed by atoms with Crippen LogP contribution in [0.3, 0.4) is 0 Å². The minimum Gasteiger partial charge on any atom is -0.348 e. The van der Waals surface area contributed by atoms with Gasteiger partial charge in [-0.1, -0.05) is 18.2 Å². The molecule has 26 heavy (non-hydrogen) atoms. The van der Waals surface area contributed by atoms with Crippen molar-refractivity contribution < 1.29 is 4.79 Å². The molecule has 0 radical (unpaired) electrons. The van der Waals surface area contributed by atoms with E-state index in [1.54, 1.807) is 28.9 Å². The molecule has 0 atom stereocenters. The number of benzene rings is 1. The third-order valence-electron chi connectivity index (χ3n) is 4.06. The Kier molecular flexibility index (Phi) is 4.91. The first-order chi connectivity index (χ1) is 12.8. The molecule has 0 saturated carbocycles. The van der Waals surface area contributed by atoms with Crippen LogP contribution in [0.25, 0.3) is 21.6 Å². The van der Waals surface area contributed by atoms with Gasteiger partial charge in [-0.15, -0.1) is 11.3 Å². The van der Waals surface area contributed by atoms with E-state index in [-0.39, 0.29) is 5.91 Å². The van der Waals surface area contributed by atoms with Crippen LogP contribution in [-0.4, -0.2) is 10.9 Å². The average Bonchev–Trinajstić information content (AvgIpc) is 3.40. The summed E-state index contributed by atoms with van der Waals surface area (Å²) in [6.07, 6.45) is 3.63. The van der Waals surface area contributed by atoms with Crippen molar-refractivity contribution in [1.29, 1.82) is 0 Å².